The molecule has 0 amide bonds. The monoisotopic (exact) mass is 641 g/mol. The van der Waals surface area contributed by atoms with Crippen LogP contribution in [0.1, 0.15) is 152 Å². The van der Waals surface area contributed by atoms with Gasteiger partial charge in [0.05, 0.1) is 13.1 Å². The van der Waals surface area contributed by atoms with Gasteiger partial charge in [0.1, 0.15) is 13.0 Å². The molecule has 0 bridgehead atoms. The van der Waals surface area contributed by atoms with Crippen LogP contribution in [-0.4, -0.2) is 57.2 Å². The van der Waals surface area contributed by atoms with Gasteiger partial charge in [-0.1, -0.05) is 146 Å². The Morgan fingerprint density at radius 1 is 0.489 bits per heavy atom. The average molecular weight is 641 g/mol. The van der Waals surface area contributed by atoms with Crippen molar-refractivity contribution >= 4 is 37.4 Å². The van der Waals surface area contributed by atoms with Crippen molar-refractivity contribution in [2.24, 2.45) is 64.1 Å². The summed E-state index contributed by atoms with van der Waals surface area (Å²) in [6.45, 7) is 44.2. The quantitative estimate of drug-likeness (QED) is 0.252. The van der Waals surface area contributed by atoms with Crippen LogP contribution in [0.3, 0.4) is 0 Å². The van der Waals surface area contributed by atoms with Crippen LogP contribution < -0.4 is 0 Å². The zero-order chi connectivity index (χ0) is 36.5. The van der Waals surface area contributed by atoms with E-state index in [-0.39, 0.29) is 7.43 Å². The first-order valence-electron chi connectivity index (χ1n) is 17.0. The lowest BCUT2D eigenvalue weighted by molar-refractivity contribution is 0.736. The van der Waals surface area contributed by atoms with E-state index in [9.17, 15) is 0 Å². The predicted octanol–water partition coefficient (Wildman–Crippen LogP) is 13.0. The van der Waals surface area contributed by atoms with Crippen LogP contribution in [0.2, 0.25) is 0 Å². The number of azo groups is 1. The average Bonchev–Trinajstić information content (AvgIpc) is 3.83. The first-order valence-corrected chi connectivity index (χ1v) is 17.0. The fourth-order valence-corrected chi connectivity index (χ4v) is 0.943. The zero-order valence-electron chi connectivity index (χ0n) is 33.3. The van der Waals surface area contributed by atoms with Gasteiger partial charge in [0.15, 0.2) is 0 Å². The number of aliphatic imine (C=N–C) groups is 4. The Bertz CT molecular complexity index is 478. The largest absolute Gasteiger partial charge is 0.268 e. The highest BCUT2D eigenvalue weighted by molar-refractivity contribution is 6.17. The van der Waals surface area contributed by atoms with Crippen molar-refractivity contribution in [3.8, 4) is 0 Å². The fraction of sp³-hybridized carbons (Fsp3) is 0.784. The van der Waals surface area contributed by atoms with E-state index < -0.39 is 0 Å². The highest BCUT2D eigenvalue weighted by atomic mass is 15.2. The highest BCUT2D eigenvalue weighted by Gasteiger charge is 1.76. The molecule has 45 heavy (non-hydrogen) atoms. The first-order chi connectivity index (χ1) is 20.9. The molecule has 0 atom stereocenters. The molecule has 4 rings (SSSR count). The Balaban J connectivity index is -0.0000000456. The van der Waals surface area contributed by atoms with Crippen molar-refractivity contribution in [3.05, 3.63) is 12.3 Å². The lowest BCUT2D eigenvalue weighted by Gasteiger charge is -1.79. The fourth-order valence-electron chi connectivity index (χ4n) is 0.943. The summed E-state index contributed by atoms with van der Waals surface area (Å²) in [7, 11) is 0. The smallest absolute Gasteiger partial charge is 0.129 e. The van der Waals surface area contributed by atoms with Gasteiger partial charge >= 0.3 is 0 Å². The molecular weight excluding hydrogens is 556 g/mol. The van der Waals surface area contributed by atoms with Crippen molar-refractivity contribution in [3.63, 3.8) is 0 Å². The Morgan fingerprint density at radius 2 is 0.844 bits per heavy atom. The molecule has 8 heteroatoms. The number of hydrogen-bond acceptors (Lipinski definition) is 8. The Morgan fingerprint density at radius 3 is 0.933 bits per heavy atom. The van der Waals surface area contributed by atoms with E-state index in [1.165, 1.54) is 0 Å². The number of rotatable bonds is 0. The molecule has 0 aromatic rings. The molecule has 0 unspecified atom stereocenters. The normalized spacial score (nSPS) is 11.6. The molecule has 8 nitrogen and oxygen atoms in total. The molecule has 4 aliphatic rings. The van der Waals surface area contributed by atoms with Crippen LogP contribution in [0.5, 0.6) is 0 Å². The van der Waals surface area contributed by atoms with Crippen molar-refractivity contribution in [1.82, 2.24) is 0 Å². The summed E-state index contributed by atoms with van der Waals surface area (Å²) >= 11 is 0. The van der Waals surface area contributed by atoms with Crippen LogP contribution in [0.25, 0.3) is 0 Å². The molecule has 0 aliphatic carbocycles. The maximum atomic E-state index is 3.74. The van der Waals surface area contributed by atoms with Gasteiger partial charge in [0.25, 0.3) is 0 Å². The molecular formula is C37H84N8. The minimum atomic E-state index is 0. The standard InChI is InChI=1S/4C4H10.4C3H4N2.4C2H6.CH4/c4*1-4(2)3;2*1-2-5-3-4-1;2*1-2-4-5-3-1;4*1-2;/h4*4H,1-3H3;1,3H,2H2;1-2H,3H2;2-3H,1H2;1-2H,3H2;4*1-2H3;1H4. The molecule has 0 aromatic carbocycles. The van der Waals surface area contributed by atoms with Crippen LogP contribution in [-0.2, 0) is 0 Å². The summed E-state index contributed by atoms with van der Waals surface area (Å²) in [6.07, 6.45) is 14.8. The maximum absolute atomic E-state index is 3.74. The molecule has 0 saturated carbocycles. The van der Waals surface area contributed by atoms with Gasteiger partial charge in [0, 0.05) is 43.7 Å². The van der Waals surface area contributed by atoms with Crippen molar-refractivity contribution in [2.75, 3.05) is 19.8 Å². The van der Waals surface area contributed by atoms with Crippen LogP contribution >= 0.6 is 0 Å². The van der Waals surface area contributed by atoms with Gasteiger partial charge in [-0.2, -0.15) is 20.4 Å². The molecule has 0 fully saturated rings. The van der Waals surface area contributed by atoms with E-state index in [4.69, 9.17) is 0 Å². The molecule has 4 aliphatic heterocycles. The lowest BCUT2D eigenvalue weighted by Crippen LogP contribution is -1.66. The molecule has 0 saturated heterocycles. The van der Waals surface area contributed by atoms with Crippen LogP contribution in [0, 0.1) is 23.7 Å². The van der Waals surface area contributed by atoms with E-state index in [0.717, 1.165) is 43.2 Å². The number of nitrogens with zero attached hydrogens (tertiary/aromatic N) is 8. The van der Waals surface area contributed by atoms with Crippen LogP contribution in [0.15, 0.2) is 52.7 Å². The summed E-state index contributed by atoms with van der Waals surface area (Å²) in [6, 6.07) is 0. The van der Waals surface area contributed by atoms with Gasteiger partial charge in [-0.05, 0) is 29.7 Å². The molecule has 0 radical (unpaired) electrons. The first kappa shape index (κ1) is 65.1. The summed E-state index contributed by atoms with van der Waals surface area (Å²) in [5.41, 5.74) is 0. The van der Waals surface area contributed by atoms with Crippen molar-refractivity contribution in [2.45, 2.75) is 152 Å². The minimum absolute atomic E-state index is 0. The second kappa shape index (κ2) is 78.2. The van der Waals surface area contributed by atoms with Crippen molar-refractivity contribution < 1.29 is 0 Å². The Kier molecular flexibility index (Phi) is 113. The predicted molar refractivity (Wildman–Crippen MR) is 218 cm³/mol. The molecule has 0 N–H and O–H groups in total. The van der Waals surface area contributed by atoms with Crippen LogP contribution in [0.4, 0.5) is 0 Å². The second-order valence-electron chi connectivity index (χ2n) is 10.2. The molecule has 272 valence electrons. The van der Waals surface area contributed by atoms with Crippen molar-refractivity contribution in [1.29, 1.82) is 0 Å². The molecule has 0 aromatic heterocycles. The third-order valence-electron chi connectivity index (χ3n) is 1.76. The topological polar surface area (TPSA) is 98.9 Å². The highest BCUT2D eigenvalue weighted by Crippen LogP contribution is 1.87. The van der Waals surface area contributed by atoms with E-state index >= 15 is 0 Å². The van der Waals surface area contributed by atoms with Gasteiger partial charge in [-0.15, -0.1) is 0 Å². The van der Waals surface area contributed by atoms with E-state index in [1.54, 1.807) is 43.6 Å². The van der Waals surface area contributed by atoms with Gasteiger partial charge in [-0.25, -0.2) is 4.99 Å². The summed E-state index contributed by atoms with van der Waals surface area (Å²) in [5.74, 6) is 3.33. The van der Waals surface area contributed by atoms with E-state index in [0.29, 0.717) is 6.67 Å². The molecule has 0 spiro atoms. The Hall–Kier alpha value is -2.64. The maximum Gasteiger partial charge on any atom is 0.129 e. The van der Waals surface area contributed by atoms with Gasteiger partial charge in [-0.3, -0.25) is 15.0 Å². The third kappa shape index (κ3) is 213. The summed E-state index contributed by atoms with van der Waals surface area (Å²) in [4.78, 5) is 14.9. The minimum Gasteiger partial charge on any atom is -0.268 e. The number of hydrogen-bond donors (Lipinski definition) is 0. The SMILES string of the molecule is C.C1=CN=NC1.C1=NC=NC1.C1=NCN=C1.C1=NN=CC1.CC.CC.CC.CC.CC(C)C.CC(C)C.CC(C)C.CC(C)C. The van der Waals surface area contributed by atoms with E-state index in [2.05, 4.69) is 123 Å². The summed E-state index contributed by atoms with van der Waals surface area (Å²) in [5, 5.41) is 14.2. The van der Waals surface area contributed by atoms with E-state index in [1.807, 2.05) is 61.5 Å². The van der Waals surface area contributed by atoms with Gasteiger partial charge < -0.3 is 0 Å². The summed E-state index contributed by atoms with van der Waals surface area (Å²) < 4.78 is 0. The van der Waals surface area contributed by atoms with Gasteiger partial charge in [0.2, 0.25) is 0 Å². The second-order valence-corrected chi connectivity index (χ2v) is 10.2. The zero-order valence-corrected chi connectivity index (χ0v) is 33.3. The lowest BCUT2D eigenvalue weighted by atomic mass is 10.3. The molecule has 4 heterocycles. The third-order valence-corrected chi connectivity index (χ3v) is 1.76. The Labute approximate surface area is 285 Å².